The summed E-state index contributed by atoms with van der Waals surface area (Å²) >= 11 is 0. The molecule has 1 fully saturated rings. The van der Waals surface area contributed by atoms with Crippen LogP contribution < -0.4 is 0 Å². The molecule has 0 spiro atoms. The number of hydrogen-bond donors (Lipinski definition) is 0. The summed E-state index contributed by atoms with van der Waals surface area (Å²) in [6.45, 7) is 6.75. The Bertz CT molecular complexity index is 269. The lowest BCUT2D eigenvalue weighted by Crippen LogP contribution is -2.29. The number of carbonyl (C=O) groups is 1. The number of carbonyl (C=O) groups excluding carboxylic acids is 1. The quantitative estimate of drug-likeness (QED) is 0.469. The Morgan fingerprint density at radius 3 is 2.38 bits per heavy atom. The highest BCUT2D eigenvalue weighted by atomic mass is 16.1. The minimum Gasteiger partial charge on any atom is -0.303 e. The van der Waals surface area contributed by atoms with Gasteiger partial charge < -0.3 is 4.79 Å². The molecule has 2 aliphatic carbocycles. The van der Waals surface area contributed by atoms with Crippen molar-refractivity contribution in [3.63, 3.8) is 0 Å². The zero-order valence-electron chi connectivity index (χ0n) is 8.76. The third-order valence-corrected chi connectivity index (χ3v) is 4.30. The van der Waals surface area contributed by atoms with Crippen LogP contribution >= 0.6 is 0 Å². The number of aldehydes is 1. The maximum atomic E-state index is 11.0. The Kier molecular flexibility index (Phi) is 1.70. The molecule has 0 radical (unpaired) electrons. The van der Waals surface area contributed by atoms with E-state index in [9.17, 15) is 4.79 Å². The van der Waals surface area contributed by atoms with Gasteiger partial charge in [0.25, 0.3) is 0 Å². The first kappa shape index (κ1) is 8.98. The van der Waals surface area contributed by atoms with E-state index < -0.39 is 0 Å². The van der Waals surface area contributed by atoms with Crippen molar-refractivity contribution in [2.75, 3.05) is 0 Å². The van der Waals surface area contributed by atoms with Gasteiger partial charge in [-0.2, -0.15) is 0 Å². The van der Waals surface area contributed by atoms with Crippen LogP contribution in [0.15, 0.2) is 11.6 Å². The summed E-state index contributed by atoms with van der Waals surface area (Å²) in [5.41, 5.74) is 1.76. The van der Waals surface area contributed by atoms with Crippen molar-refractivity contribution in [1.29, 1.82) is 0 Å². The van der Waals surface area contributed by atoms with E-state index in [0.29, 0.717) is 5.92 Å². The monoisotopic (exact) mass is 178 g/mol. The molecule has 1 saturated carbocycles. The van der Waals surface area contributed by atoms with Crippen molar-refractivity contribution in [3.8, 4) is 0 Å². The zero-order valence-corrected chi connectivity index (χ0v) is 8.76. The Balaban J connectivity index is 2.25. The van der Waals surface area contributed by atoms with E-state index in [1.54, 1.807) is 0 Å². The molecular formula is C12H18O. The Labute approximate surface area is 80.2 Å². The molecule has 1 heteroatoms. The first-order valence-corrected chi connectivity index (χ1v) is 5.16. The van der Waals surface area contributed by atoms with E-state index in [4.69, 9.17) is 0 Å². The van der Waals surface area contributed by atoms with Crippen LogP contribution in [0.5, 0.6) is 0 Å². The van der Waals surface area contributed by atoms with Crippen molar-refractivity contribution >= 4 is 6.29 Å². The molecule has 2 rings (SSSR count). The van der Waals surface area contributed by atoms with Crippen LogP contribution in [0.4, 0.5) is 0 Å². The SMILES string of the molecule is CC1=CCC(C2(C=O)CC2)C1(C)C. The molecule has 0 bridgehead atoms. The molecule has 0 heterocycles. The van der Waals surface area contributed by atoms with Crippen LogP contribution in [0, 0.1) is 16.7 Å². The van der Waals surface area contributed by atoms with Crippen molar-refractivity contribution in [2.24, 2.45) is 16.7 Å². The highest BCUT2D eigenvalue weighted by molar-refractivity contribution is 5.65. The van der Waals surface area contributed by atoms with Gasteiger partial charge in [0, 0.05) is 5.41 Å². The minimum absolute atomic E-state index is 0.0533. The summed E-state index contributed by atoms with van der Waals surface area (Å²) in [5.74, 6) is 0.567. The Morgan fingerprint density at radius 2 is 2.08 bits per heavy atom. The standard InChI is InChI=1S/C12H18O/c1-9-4-5-10(11(9,2)3)12(8-13)6-7-12/h4,8,10H,5-7H2,1-3H3. The van der Waals surface area contributed by atoms with E-state index in [-0.39, 0.29) is 10.8 Å². The maximum Gasteiger partial charge on any atom is 0.126 e. The van der Waals surface area contributed by atoms with Gasteiger partial charge in [0.1, 0.15) is 6.29 Å². The Morgan fingerprint density at radius 1 is 1.46 bits per heavy atom. The molecule has 72 valence electrons. The van der Waals surface area contributed by atoms with Gasteiger partial charge in [0.2, 0.25) is 0 Å². The molecule has 1 unspecified atom stereocenters. The molecule has 0 aromatic carbocycles. The van der Waals surface area contributed by atoms with E-state index >= 15 is 0 Å². The fraction of sp³-hybridized carbons (Fsp3) is 0.750. The molecule has 0 aromatic heterocycles. The summed E-state index contributed by atoms with van der Waals surface area (Å²) in [7, 11) is 0. The van der Waals surface area contributed by atoms with E-state index in [2.05, 4.69) is 26.8 Å². The van der Waals surface area contributed by atoms with Gasteiger partial charge in [-0.05, 0) is 37.5 Å². The average molecular weight is 178 g/mol. The third kappa shape index (κ3) is 1.09. The molecule has 0 saturated heterocycles. The first-order chi connectivity index (χ1) is 6.03. The van der Waals surface area contributed by atoms with Gasteiger partial charge in [-0.3, -0.25) is 0 Å². The molecule has 0 amide bonds. The predicted molar refractivity (Wildman–Crippen MR) is 53.4 cm³/mol. The normalized spacial score (nSPS) is 34.1. The fourth-order valence-electron chi connectivity index (χ4n) is 2.77. The van der Waals surface area contributed by atoms with Gasteiger partial charge in [0.05, 0.1) is 0 Å². The van der Waals surface area contributed by atoms with Gasteiger partial charge in [-0.25, -0.2) is 0 Å². The second-order valence-electron chi connectivity index (χ2n) is 5.25. The van der Waals surface area contributed by atoms with Gasteiger partial charge in [-0.1, -0.05) is 25.5 Å². The predicted octanol–water partition coefficient (Wildman–Crippen LogP) is 2.96. The van der Waals surface area contributed by atoms with Crippen molar-refractivity contribution < 1.29 is 4.79 Å². The zero-order chi connectivity index (χ0) is 9.69. The molecule has 13 heavy (non-hydrogen) atoms. The van der Waals surface area contributed by atoms with Gasteiger partial charge >= 0.3 is 0 Å². The smallest absolute Gasteiger partial charge is 0.126 e. The molecule has 0 aliphatic heterocycles. The number of rotatable bonds is 2. The summed E-state index contributed by atoms with van der Waals surface area (Å²) in [5, 5.41) is 0. The lowest BCUT2D eigenvalue weighted by atomic mass is 9.70. The van der Waals surface area contributed by atoms with Crippen LogP contribution in [-0.4, -0.2) is 6.29 Å². The van der Waals surface area contributed by atoms with Crippen LogP contribution in [0.2, 0.25) is 0 Å². The van der Waals surface area contributed by atoms with Crippen LogP contribution in [0.1, 0.15) is 40.0 Å². The largest absolute Gasteiger partial charge is 0.303 e. The van der Waals surface area contributed by atoms with Crippen molar-refractivity contribution in [3.05, 3.63) is 11.6 Å². The van der Waals surface area contributed by atoms with Crippen molar-refractivity contribution in [2.45, 2.75) is 40.0 Å². The molecule has 1 atom stereocenters. The summed E-state index contributed by atoms with van der Waals surface area (Å²) in [6, 6.07) is 0. The van der Waals surface area contributed by atoms with Crippen LogP contribution in [0.25, 0.3) is 0 Å². The lowest BCUT2D eigenvalue weighted by molar-refractivity contribution is -0.115. The fourth-order valence-corrected chi connectivity index (χ4v) is 2.77. The topological polar surface area (TPSA) is 17.1 Å². The number of allylic oxidation sites excluding steroid dienone is 2. The third-order valence-electron chi connectivity index (χ3n) is 4.30. The van der Waals surface area contributed by atoms with Crippen molar-refractivity contribution in [1.82, 2.24) is 0 Å². The first-order valence-electron chi connectivity index (χ1n) is 5.16. The second-order valence-corrected chi connectivity index (χ2v) is 5.25. The number of hydrogen-bond acceptors (Lipinski definition) is 1. The van der Waals surface area contributed by atoms with E-state index in [1.807, 2.05) is 0 Å². The highest BCUT2D eigenvalue weighted by Crippen LogP contribution is 2.61. The Hall–Kier alpha value is -0.590. The molecule has 1 nitrogen and oxygen atoms in total. The average Bonchev–Trinajstić information content (AvgIpc) is 2.80. The summed E-state index contributed by atoms with van der Waals surface area (Å²) in [4.78, 5) is 11.0. The highest BCUT2D eigenvalue weighted by Gasteiger charge is 2.55. The van der Waals surface area contributed by atoms with Crippen LogP contribution in [0.3, 0.4) is 0 Å². The summed E-state index contributed by atoms with van der Waals surface area (Å²) < 4.78 is 0. The van der Waals surface area contributed by atoms with Gasteiger partial charge in [-0.15, -0.1) is 0 Å². The van der Waals surface area contributed by atoms with Crippen LogP contribution in [-0.2, 0) is 4.79 Å². The molecule has 0 aromatic rings. The molecule has 2 aliphatic rings. The molecular weight excluding hydrogens is 160 g/mol. The van der Waals surface area contributed by atoms with E-state index in [1.165, 1.54) is 11.9 Å². The minimum atomic E-state index is 0.0533. The lowest BCUT2D eigenvalue weighted by Gasteiger charge is -2.33. The molecule has 0 N–H and O–H groups in total. The maximum absolute atomic E-state index is 11.0. The van der Waals surface area contributed by atoms with Gasteiger partial charge in [0.15, 0.2) is 0 Å². The second kappa shape index (κ2) is 2.46. The van der Waals surface area contributed by atoms with E-state index in [0.717, 1.165) is 19.3 Å². The summed E-state index contributed by atoms with van der Waals surface area (Å²) in [6.07, 6.45) is 6.87.